The topological polar surface area (TPSA) is 53.7 Å². The molecule has 1 aromatic rings. The Bertz CT molecular complexity index is 325. The summed E-state index contributed by atoms with van der Waals surface area (Å²) in [5.74, 6) is 1.89. The zero-order chi connectivity index (χ0) is 9.26. The van der Waals surface area contributed by atoms with Gasteiger partial charge in [-0.3, -0.25) is 0 Å². The Balaban J connectivity index is 2.48. The van der Waals surface area contributed by atoms with Crippen LogP contribution in [0.1, 0.15) is 0 Å². The van der Waals surface area contributed by atoms with E-state index < -0.39 is 0 Å². The van der Waals surface area contributed by atoms with E-state index in [4.69, 9.17) is 19.9 Å². The summed E-state index contributed by atoms with van der Waals surface area (Å²) in [5.41, 5.74) is 6.28. The van der Waals surface area contributed by atoms with E-state index in [2.05, 4.69) is 0 Å². The predicted molar refractivity (Wildman–Crippen MR) is 48.4 cm³/mol. The van der Waals surface area contributed by atoms with Gasteiger partial charge in [0.25, 0.3) is 0 Å². The van der Waals surface area contributed by atoms with Crippen molar-refractivity contribution in [3.8, 4) is 17.2 Å². The molecule has 1 heterocycles. The largest absolute Gasteiger partial charge is 0.494 e. The van der Waals surface area contributed by atoms with Gasteiger partial charge in [0.2, 0.25) is 0 Å². The van der Waals surface area contributed by atoms with E-state index in [1.54, 1.807) is 19.2 Å². The molecule has 1 aromatic carbocycles. The highest BCUT2D eigenvalue weighted by molar-refractivity contribution is 5.68. The van der Waals surface area contributed by atoms with Crippen LogP contribution in [0.2, 0.25) is 0 Å². The number of ether oxygens (including phenoxy) is 3. The van der Waals surface area contributed by atoms with Crippen molar-refractivity contribution in [2.75, 3.05) is 26.1 Å². The van der Waals surface area contributed by atoms with E-state index in [0.717, 1.165) is 0 Å². The molecule has 2 rings (SSSR count). The molecular weight excluding hydrogens is 170 g/mol. The molecule has 0 saturated heterocycles. The van der Waals surface area contributed by atoms with Gasteiger partial charge in [-0.1, -0.05) is 0 Å². The van der Waals surface area contributed by atoms with Gasteiger partial charge in [0.15, 0.2) is 11.5 Å². The average Bonchev–Trinajstić information content (AvgIpc) is 2.19. The molecule has 1 aliphatic rings. The maximum atomic E-state index is 5.78. The molecule has 0 spiro atoms. The smallest absolute Gasteiger partial charge is 0.188 e. The van der Waals surface area contributed by atoms with E-state index >= 15 is 0 Å². The lowest BCUT2D eigenvalue weighted by Gasteiger charge is -2.20. The van der Waals surface area contributed by atoms with Crippen molar-refractivity contribution in [3.05, 3.63) is 12.1 Å². The molecule has 4 heteroatoms. The molecule has 0 atom stereocenters. The van der Waals surface area contributed by atoms with Crippen LogP contribution in [-0.2, 0) is 0 Å². The molecule has 2 N–H and O–H groups in total. The van der Waals surface area contributed by atoms with Gasteiger partial charge >= 0.3 is 0 Å². The van der Waals surface area contributed by atoms with Gasteiger partial charge in [0.1, 0.15) is 24.7 Å². The molecule has 0 bridgehead atoms. The number of rotatable bonds is 1. The molecule has 0 saturated carbocycles. The number of methoxy groups -OCH3 is 1. The number of nitrogen functional groups attached to an aromatic ring is 1. The van der Waals surface area contributed by atoms with Gasteiger partial charge in [0, 0.05) is 0 Å². The molecule has 0 aromatic heterocycles. The number of fused-ring (bicyclic) bond motifs is 1. The standard InChI is InChI=1S/C9H11NO3/c1-11-6-2-3-7-9(8(6)10)13-5-4-12-7/h2-3H,4-5,10H2,1H3. The summed E-state index contributed by atoms with van der Waals surface area (Å²) in [6, 6.07) is 3.56. The monoisotopic (exact) mass is 181 g/mol. The van der Waals surface area contributed by atoms with Crippen molar-refractivity contribution in [2.45, 2.75) is 0 Å². The highest BCUT2D eigenvalue weighted by Crippen LogP contribution is 2.41. The summed E-state index contributed by atoms with van der Waals surface area (Å²) in [6.45, 7) is 1.10. The van der Waals surface area contributed by atoms with Gasteiger partial charge in [-0.05, 0) is 12.1 Å². The molecule has 0 aliphatic carbocycles. The minimum atomic E-state index is 0.500. The summed E-state index contributed by atoms with van der Waals surface area (Å²) >= 11 is 0. The van der Waals surface area contributed by atoms with Crippen molar-refractivity contribution in [3.63, 3.8) is 0 Å². The van der Waals surface area contributed by atoms with Crippen LogP contribution in [0.25, 0.3) is 0 Å². The minimum absolute atomic E-state index is 0.500. The second kappa shape index (κ2) is 3.05. The first-order valence-corrected chi connectivity index (χ1v) is 4.05. The highest BCUT2D eigenvalue weighted by Gasteiger charge is 2.17. The molecule has 70 valence electrons. The Hall–Kier alpha value is -1.58. The first-order valence-electron chi connectivity index (χ1n) is 4.05. The Labute approximate surface area is 76.2 Å². The van der Waals surface area contributed by atoms with E-state index in [0.29, 0.717) is 36.1 Å². The van der Waals surface area contributed by atoms with E-state index in [9.17, 15) is 0 Å². The molecule has 4 nitrogen and oxygen atoms in total. The van der Waals surface area contributed by atoms with Crippen molar-refractivity contribution in [1.82, 2.24) is 0 Å². The normalized spacial score (nSPS) is 13.9. The number of hydrogen-bond acceptors (Lipinski definition) is 4. The third-order valence-corrected chi connectivity index (χ3v) is 1.93. The van der Waals surface area contributed by atoms with Crippen LogP contribution in [-0.4, -0.2) is 20.3 Å². The van der Waals surface area contributed by atoms with Crippen LogP contribution < -0.4 is 19.9 Å². The van der Waals surface area contributed by atoms with Crippen LogP contribution in [0.3, 0.4) is 0 Å². The van der Waals surface area contributed by atoms with E-state index in [1.807, 2.05) is 0 Å². The maximum Gasteiger partial charge on any atom is 0.188 e. The predicted octanol–water partition coefficient (Wildman–Crippen LogP) is 1.05. The third-order valence-electron chi connectivity index (χ3n) is 1.93. The Kier molecular flexibility index (Phi) is 1.88. The second-order valence-corrected chi connectivity index (χ2v) is 2.71. The van der Waals surface area contributed by atoms with Crippen LogP contribution >= 0.6 is 0 Å². The Morgan fingerprint density at radius 2 is 2.08 bits per heavy atom. The quantitative estimate of drug-likeness (QED) is 0.658. The first-order chi connectivity index (χ1) is 6.33. The first kappa shape index (κ1) is 8.04. The zero-order valence-electron chi connectivity index (χ0n) is 7.37. The fourth-order valence-electron chi connectivity index (χ4n) is 1.30. The lowest BCUT2D eigenvalue weighted by molar-refractivity contribution is 0.172. The van der Waals surface area contributed by atoms with Crippen molar-refractivity contribution in [1.29, 1.82) is 0 Å². The summed E-state index contributed by atoms with van der Waals surface area (Å²) in [5, 5.41) is 0. The average molecular weight is 181 g/mol. The molecular formula is C9H11NO3. The summed E-state index contributed by atoms with van der Waals surface area (Å²) in [7, 11) is 1.57. The highest BCUT2D eigenvalue weighted by atomic mass is 16.6. The number of benzene rings is 1. The summed E-state index contributed by atoms with van der Waals surface area (Å²) in [4.78, 5) is 0. The lowest BCUT2D eigenvalue weighted by atomic mass is 10.2. The van der Waals surface area contributed by atoms with Gasteiger partial charge in [-0.25, -0.2) is 0 Å². The minimum Gasteiger partial charge on any atom is -0.494 e. The summed E-state index contributed by atoms with van der Waals surface area (Å²) < 4.78 is 15.8. The van der Waals surface area contributed by atoms with Crippen LogP contribution in [0, 0.1) is 0 Å². The molecule has 1 aliphatic heterocycles. The summed E-state index contributed by atoms with van der Waals surface area (Å²) in [6.07, 6.45) is 0. The fraction of sp³-hybridized carbons (Fsp3) is 0.333. The van der Waals surface area contributed by atoms with Gasteiger partial charge in [-0.2, -0.15) is 0 Å². The molecule has 0 radical (unpaired) electrons. The van der Waals surface area contributed by atoms with Crippen molar-refractivity contribution >= 4 is 5.69 Å². The number of hydrogen-bond donors (Lipinski definition) is 1. The van der Waals surface area contributed by atoms with Crippen LogP contribution in [0.15, 0.2) is 12.1 Å². The zero-order valence-corrected chi connectivity index (χ0v) is 7.37. The number of anilines is 1. The molecule has 0 unspecified atom stereocenters. The van der Waals surface area contributed by atoms with E-state index in [-0.39, 0.29) is 0 Å². The van der Waals surface area contributed by atoms with Crippen molar-refractivity contribution in [2.24, 2.45) is 0 Å². The Morgan fingerprint density at radius 1 is 1.31 bits per heavy atom. The van der Waals surface area contributed by atoms with Gasteiger partial charge in [-0.15, -0.1) is 0 Å². The second-order valence-electron chi connectivity index (χ2n) is 2.71. The Morgan fingerprint density at radius 3 is 2.85 bits per heavy atom. The fourth-order valence-corrected chi connectivity index (χ4v) is 1.30. The van der Waals surface area contributed by atoms with Gasteiger partial charge < -0.3 is 19.9 Å². The number of nitrogens with two attached hydrogens (primary N) is 1. The van der Waals surface area contributed by atoms with Crippen molar-refractivity contribution < 1.29 is 14.2 Å². The molecule has 0 amide bonds. The van der Waals surface area contributed by atoms with Crippen LogP contribution in [0.5, 0.6) is 17.2 Å². The van der Waals surface area contributed by atoms with Crippen LogP contribution in [0.4, 0.5) is 5.69 Å². The molecule has 13 heavy (non-hydrogen) atoms. The molecule has 0 fully saturated rings. The lowest BCUT2D eigenvalue weighted by Crippen LogP contribution is -2.16. The third kappa shape index (κ3) is 1.24. The maximum absolute atomic E-state index is 5.78. The van der Waals surface area contributed by atoms with Gasteiger partial charge in [0.05, 0.1) is 7.11 Å². The SMILES string of the molecule is COc1ccc2c(c1N)OCCO2. The van der Waals surface area contributed by atoms with E-state index in [1.165, 1.54) is 0 Å².